The summed E-state index contributed by atoms with van der Waals surface area (Å²) in [6.07, 6.45) is 6.19. The fraction of sp³-hybridized carbons (Fsp3) is 0.933. The number of piperidine rings is 1. The van der Waals surface area contributed by atoms with E-state index in [1.165, 1.54) is 25.7 Å². The molecule has 2 atom stereocenters. The van der Waals surface area contributed by atoms with Crippen molar-refractivity contribution in [2.24, 2.45) is 29.6 Å². The van der Waals surface area contributed by atoms with Crippen LogP contribution in [-0.2, 0) is 4.79 Å². The zero-order valence-corrected chi connectivity index (χ0v) is 11.7. The molecular weight excluding hydrogens is 226 g/mol. The van der Waals surface area contributed by atoms with E-state index in [9.17, 15) is 4.79 Å². The molecular formula is C15H27NO2. The van der Waals surface area contributed by atoms with Crippen LogP contribution in [0.1, 0.15) is 46.0 Å². The van der Waals surface area contributed by atoms with Crippen molar-refractivity contribution in [3.8, 4) is 0 Å². The van der Waals surface area contributed by atoms with Crippen molar-refractivity contribution in [1.82, 2.24) is 5.32 Å². The number of rotatable bonds is 3. The van der Waals surface area contributed by atoms with Crippen molar-refractivity contribution in [1.29, 1.82) is 0 Å². The van der Waals surface area contributed by atoms with Crippen molar-refractivity contribution >= 4 is 5.97 Å². The predicted molar refractivity (Wildman–Crippen MR) is 72.4 cm³/mol. The Balaban J connectivity index is 1.84. The van der Waals surface area contributed by atoms with Gasteiger partial charge in [-0.05, 0) is 62.3 Å². The van der Waals surface area contributed by atoms with E-state index in [0.717, 1.165) is 30.7 Å². The SMILES string of the molecule is CC(C)C1CCC(C2CNCC(C(=O)O)C2)CC1. The topological polar surface area (TPSA) is 49.3 Å². The molecule has 2 rings (SSSR count). The third kappa shape index (κ3) is 3.25. The minimum Gasteiger partial charge on any atom is -0.481 e. The van der Waals surface area contributed by atoms with E-state index in [1.54, 1.807) is 0 Å². The average Bonchev–Trinajstić information content (AvgIpc) is 2.39. The molecule has 1 aliphatic heterocycles. The predicted octanol–water partition coefficient (Wildman–Crippen LogP) is 2.76. The van der Waals surface area contributed by atoms with Gasteiger partial charge in [0.15, 0.2) is 0 Å². The maximum Gasteiger partial charge on any atom is 0.307 e. The number of carboxylic acids is 1. The van der Waals surface area contributed by atoms with Crippen LogP contribution in [0.25, 0.3) is 0 Å². The zero-order valence-electron chi connectivity index (χ0n) is 11.7. The number of carboxylic acid groups (broad SMARTS) is 1. The lowest BCUT2D eigenvalue weighted by atomic mass is 9.70. The smallest absolute Gasteiger partial charge is 0.307 e. The highest BCUT2D eigenvalue weighted by molar-refractivity contribution is 5.70. The Morgan fingerprint density at radius 3 is 2.33 bits per heavy atom. The summed E-state index contributed by atoms with van der Waals surface area (Å²) in [5.41, 5.74) is 0. The van der Waals surface area contributed by atoms with Crippen LogP contribution in [0, 0.1) is 29.6 Å². The number of hydrogen-bond donors (Lipinski definition) is 2. The number of hydrogen-bond acceptors (Lipinski definition) is 2. The Hall–Kier alpha value is -0.570. The molecule has 2 unspecified atom stereocenters. The lowest BCUT2D eigenvalue weighted by Crippen LogP contribution is -2.43. The van der Waals surface area contributed by atoms with Gasteiger partial charge >= 0.3 is 5.97 Å². The summed E-state index contributed by atoms with van der Waals surface area (Å²) in [5.74, 6) is 2.27. The molecule has 2 fully saturated rings. The lowest BCUT2D eigenvalue weighted by molar-refractivity contribution is -0.143. The van der Waals surface area contributed by atoms with Crippen LogP contribution < -0.4 is 5.32 Å². The first-order valence-electron chi connectivity index (χ1n) is 7.51. The van der Waals surface area contributed by atoms with Gasteiger partial charge in [-0.1, -0.05) is 13.8 Å². The van der Waals surface area contributed by atoms with Gasteiger partial charge in [-0.3, -0.25) is 4.79 Å². The first-order chi connectivity index (χ1) is 8.58. The fourth-order valence-electron chi connectivity index (χ4n) is 3.81. The zero-order chi connectivity index (χ0) is 13.1. The highest BCUT2D eigenvalue weighted by Gasteiger charge is 2.34. The molecule has 0 aromatic rings. The molecule has 1 saturated carbocycles. The van der Waals surface area contributed by atoms with Gasteiger partial charge in [0.05, 0.1) is 5.92 Å². The lowest BCUT2D eigenvalue weighted by Gasteiger charge is -2.38. The van der Waals surface area contributed by atoms with Crippen LogP contribution in [-0.4, -0.2) is 24.2 Å². The summed E-state index contributed by atoms with van der Waals surface area (Å²) < 4.78 is 0. The van der Waals surface area contributed by atoms with Crippen LogP contribution in [0.15, 0.2) is 0 Å². The van der Waals surface area contributed by atoms with Gasteiger partial charge in [0.25, 0.3) is 0 Å². The molecule has 0 aromatic heterocycles. The second-order valence-electron chi connectivity index (χ2n) is 6.61. The van der Waals surface area contributed by atoms with E-state index in [4.69, 9.17) is 5.11 Å². The van der Waals surface area contributed by atoms with E-state index in [0.29, 0.717) is 12.5 Å². The van der Waals surface area contributed by atoms with Gasteiger partial charge in [-0.15, -0.1) is 0 Å². The van der Waals surface area contributed by atoms with Crippen LogP contribution in [0.2, 0.25) is 0 Å². The monoisotopic (exact) mass is 253 g/mol. The summed E-state index contributed by atoms with van der Waals surface area (Å²) in [7, 11) is 0. The maximum atomic E-state index is 11.1. The van der Waals surface area contributed by atoms with Crippen molar-refractivity contribution < 1.29 is 9.90 Å². The van der Waals surface area contributed by atoms with Gasteiger partial charge < -0.3 is 10.4 Å². The summed E-state index contributed by atoms with van der Waals surface area (Å²) >= 11 is 0. The van der Waals surface area contributed by atoms with Crippen molar-refractivity contribution in [3.63, 3.8) is 0 Å². The molecule has 18 heavy (non-hydrogen) atoms. The normalized spacial score (nSPS) is 37.7. The van der Waals surface area contributed by atoms with E-state index in [-0.39, 0.29) is 5.92 Å². The van der Waals surface area contributed by atoms with Gasteiger partial charge in [0.1, 0.15) is 0 Å². The van der Waals surface area contributed by atoms with E-state index >= 15 is 0 Å². The molecule has 2 aliphatic rings. The molecule has 2 N–H and O–H groups in total. The van der Waals surface area contributed by atoms with Crippen LogP contribution in [0.4, 0.5) is 0 Å². The Bertz CT molecular complexity index is 282. The molecule has 3 nitrogen and oxygen atoms in total. The molecule has 0 spiro atoms. The summed E-state index contributed by atoms with van der Waals surface area (Å²) in [6, 6.07) is 0. The largest absolute Gasteiger partial charge is 0.481 e. The molecule has 1 heterocycles. The highest BCUT2D eigenvalue weighted by Crippen LogP contribution is 2.39. The third-order valence-electron chi connectivity index (χ3n) is 5.16. The van der Waals surface area contributed by atoms with Crippen molar-refractivity contribution in [2.45, 2.75) is 46.0 Å². The van der Waals surface area contributed by atoms with E-state index in [1.807, 2.05) is 0 Å². The Morgan fingerprint density at radius 2 is 1.78 bits per heavy atom. The average molecular weight is 253 g/mol. The summed E-state index contributed by atoms with van der Waals surface area (Å²) in [5, 5.41) is 12.4. The van der Waals surface area contributed by atoms with Gasteiger partial charge in [-0.25, -0.2) is 0 Å². The summed E-state index contributed by atoms with van der Waals surface area (Å²) in [4.78, 5) is 11.1. The molecule has 1 aliphatic carbocycles. The van der Waals surface area contributed by atoms with E-state index in [2.05, 4.69) is 19.2 Å². The van der Waals surface area contributed by atoms with Crippen LogP contribution in [0.3, 0.4) is 0 Å². The van der Waals surface area contributed by atoms with Gasteiger partial charge in [-0.2, -0.15) is 0 Å². The maximum absolute atomic E-state index is 11.1. The quantitative estimate of drug-likeness (QED) is 0.813. The first kappa shape index (κ1) is 13.9. The van der Waals surface area contributed by atoms with Crippen LogP contribution >= 0.6 is 0 Å². The Labute approximate surface area is 110 Å². The minimum atomic E-state index is -0.622. The van der Waals surface area contributed by atoms with Gasteiger partial charge in [0.2, 0.25) is 0 Å². The number of nitrogens with one attached hydrogen (secondary N) is 1. The molecule has 104 valence electrons. The molecule has 0 radical (unpaired) electrons. The molecule has 3 heteroatoms. The van der Waals surface area contributed by atoms with Crippen molar-refractivity contribution in [3.05, 3.63) is 0 Å². The second-order valence-corrected chi connectivity index (χ2v) is 6.61. The molecule has 1 saturated heterocycles. The second kappa shape index (κ2) is 6.05. The first-order valence-corrected chi connectivity index (χ1v) is 7.51. The molecule has 0 aromatic carbocycles. The Kier molecular flexibility index (Phi) is 4.66. The van der Waals surface area contributed by atoms with Crippen LogP contribution in [0.5, 0.6) is 0 Å². The fourth-order valence-corrected chi connectivity index (χ4v) is 3.81. The van der Waals surface area contributed by atoms with Gasteiger partial charge in [0, 0.05) is 6.54 Å². The Morgan fingerprint density at radius 1 is 1.11 bits per heavy atom. The standard InChI is InChI=1S/C15H27NO2/c1-10(2)11-3-5-12(6-4-11)13-7-14(15(17)18)9-16-8-13/h10-14,16H,3-9H2,1-2H3,(H,17,18). The summed E-state index contributed by atoms with van der Waals surface area (Å²) in [6.45, 7) is 6.34. The third-order valence-corrected chi connectivity index (χ3v) is 5.16. The molecule has 0 amide bonds. The number of carbonyl (C=O) groups is 1. The number of aliphatic carboxylic acids is 1. The molecule has 0 bridgehead atoms. The van der Waals surface area contributed by atoms with Crippen molar-refractivity contribution in [2.75, 3.05) is 13.1 Å². The van der Waals surface area contributed by atoms with E-state index < -0.39 is 5.97 Å². The minimum absolute atomic E-state index is 0.161. The highest BCUT2D eigenvalue weighted by atomic mass is 16.4.